The van der Waals surface area contributed by atoms with Crippen LogP contribution in [0.5, 0.6) is 0 Å². The number of halogens is 1. The number of benzene rings is 2. The van der Waals surface area contributed by atoms with Gasteiger partial charge in [0.05, 0.1) is 0 Å². The van der Waals surface area contributed by atoms with Crippen molar-refractivity contribution in [1.82, 2.24) is 5.32 Å². The summed E-state index contributed by atoms with van der Waals surface area (Å²) in [6.07, 6.45) is 0.972. The Labute approximate surface area is 124 Å². The molecule has 3 heteroatoms. The van der Waals surface area contributed by atoms with E-state index in [0.717, 1.165) is 11.3 Å². The molecule has 0 spiro atoms. The van der Waals surface area contributed by atoms with E-state index >= 15 is 0 Å². The Kier molecular flexibility index (Phi) is 5.62. The third kappa shape index (κ3) is 3.62. The zero-order chi connectivity index (χ0) is 14.4. The molecule has 0 aliphatic carbocycles. The Bertz CT molecular complexity index is 530. The molecular weight excluding hydrogens is 269 g/mol. The van der Waals surface area contributed by atoms with E-state index in [0.29, 0.717) is 5.25 Å². The van der Waals surface area contributed by atoms with Gasteiger partial charge in [0.2, 0.25) is 0 Å². The fourth-order valence-electron chi connectivity index (χ4n) is 2.32. The van der Waals surface area contributed by atoms with Crippen LogP contribution in [0.3, 0.4) is 0 Å². The molecule has 0 aliphatic heterocycles. The summed E-state index contributed by atoms with van der Waals surface area (Å²) in [5.41, 5.74) is 1.24. The van der Waals surface area contributed by atoms with Crippen molar-refractivity contribution in [2.45, 2.75) is 29.5 Å². The minimum absolute atomic E-state index is 0.140. The van der Waals surface area contributed by atoms with Crippen LogP contribution < -0.4 is 5.32 Å². The van der Waals surface area contributed by atoms with E-state index in [1.807, 2.05) is 37.4 Å². The highest BCUT2D eigenvalue weighted by atomic mass is 32.2. The molecule has 2 unspecified atom stereocenters. The number of rotatable bonds is 6. The molecule has 2 aromatic carbocycles. The Hall–Kier alpha value is -1.32. The minimum Gasteiger partial charge on any atom is -0.312 e. The van der Waals surface area contributed by atoms with E-state index < -0.39 is 0 Å². The molecule has 2 rings (SSSR count). The number of nitrogens with one attached hydrogen (secondary N) is 1. The second-order valence-electron chi connectivity index (χ2n) is 4.67. The van der Waals surface area contributed by atoms with Gasteiger partial charge >= 0.3 is 0 Å². The zero-order valence-corrected chi connectivity index (χ0v) is 12.7. The Morgan fingerprint density at radius 3 is 2.30 bits per heavy atom. The maximum atomic E-state index is 13.8. The van der Waals surface area contributed by atoms with Crippen LogP contribution in [0.1, 0.15) is 24.9 Å². The monoisotopic (exact) mass is 289 g/mol. The lowest BCUT2D eigenvalue weighted by molar-refractivity contribution is 0.552. The molecule has 0 amide bonds. The van der Waals surface area contributed by atoms with Crippen molar-refractivity contribution >= 4 is 11.8 Å². The maximum absolute atomic E-state index is 13.8. The third-order valence-corrected chi connectivity index (χ3v) is 4.85. The SMILES string of the molecule is CCC(Sc1ccccc1F)C(NC)c1ccccc1. The van der Waals surface area contributed by atoms with Crippen molar-refractivity contribution in [2.24, 2.45) is 0 Å². The molecule has 1 N–H and O–H groups in total. The van der Waals surface area contributed by atoms with Crippen LogP contribution in [0, 0.1) is 5.82 Å². The quantitative estimate of drug-likeness (QED) is 0.776. The van der Waals surface area contributed by atoms with E-state index in [9.17, 15) is 4.39 Å². The van der Waals surface area contributed by atoms with E-state index in [-0.39, 0.29) is 11.9 Å². The smallest absolute Gasteiger partial charge is 0.136 e. The lowest BCUT2D eigenvalue weighted by atomic mass is 10.0. The lowest BCUT2D eigenvalue weighted by Crippen LogP contribution is -2.27. The molecule has 0 fully saturated rings. The summed E-state index contributed by atoms with van der Waals surface area (Å²) in [4.78, 5) is 0.718. The molecule has 0 aliphatic rings. The predicted molar refractivity (Wildman–Crippen MR) is 84.6 cm³/mol. The topological polar surface area (TPSA) is 12.0 Å². The van der Waals surface area contributed by atoms with Crippen LogP contribution in [-0.4, -0.2) is 12.3 Å². The first-order valence-electron chi connectivity index (χ1n) is 6.89. The van der Waals surface area contributed by atoms with Gasteiger partial charge in [0.1, 0.15) is 5.82 Å². The highest BCUT2D eigenvalue weighted by molar-refractivity contribution is 8.00. The summed E-state index contributed by atoms with van der Waals surface area (Å²) in [6.45, 7) is 2.14. The van der Waals surface area contributed by atoms with E-state index in [4.69, 9.17) is 0 Å². The maximum Gasteiger partial charge on any atom is 0.136 e. The second-order valence-corrected chi connectivity index (χ2v) is 5.95. The number of hydrogen-bond acceptors (Lipinski definition) is 2. The second kappa shape index (κ2) is 7.46. The first-order valence-corrected chi connectivity index (χ1v) is 7.77. The van der Waals surface area contributed by atoms with Crippen LogP contribution in [0.2, 0.25) is 0 Å². The van der Waals surface area contributed by atoms with Crippen LogP contribution in [0.25, 0.3) is 0 Å². The summed E-state index contributed by atoms with van der Waals surface area (Å²) in [7, 11) is 1.96. The Morgan fingerprint density at radius 2 is 1.70 bits per heavy atom. The molecule has 0 saturated heterocycles. The predicted octanol–water partition coefficient (Wildman–Crippen LogP) is 4.66. The van der Waals surface area contributed by atoms with Crippen LogP contribution >= 0.6 is 11.8 Å². The molecule has 0 aromatic heterocycles. The van der Waals surface area contributed by atoms with Gasteiger partial charge in [-0.05, 0) is 31.2 Å². The average molecular weight is 289 g/mol. The summed E-state index contributed by atoms with van der Waals surface area (Å²) < 4.78 is 13.8. The first-order chi connectivity index (χ1) is 9.76. The van der Waals surface area contributed by atoms with Crippen molar-refractivity contribution in [3.05, 3.63) is 66.0 Å². The minimum atomic E-state index is -0.140. The average Bonchev–Trinajstić information content (AvgIpc) is 2.50. The third-order valence-electron chi connectivity index (χ3n) is 3.36. The molecular formula is C17H20FNS. The van der Waals surface area contributed by atoms with Crippen molar-refractivity contribution in [3.63, 3.8) is 0 Å². The van der Waals surface area contributed by atoms with Crippen molar-refractivity contribution in [3.8, 4) is 0 Å². The molecule has 0 bridgehead atoms. The van der Waals surface area contributed by atoms with Crippen molar-refractivity contribution in [1.29, 1.82) is 0 Å². The molecule has 2 atom stereocenters. The van der Waals surface area contributed by atoms with Crippen molar-refractivity contribution < 1.29 is 4.39 Å². The molecule has 106 valence electrons. The van der Waals surface area contributed by atoms with Crippen LogP contribution in [0.4, 0.5) is 4.39 Å². The zero-order valence-electron chi connectivity index (χ0n) is 11.8. The van der Waals surface area contributed by atoms with E-state index in [2.05, 4.69) is 24.4 Å². The molecule has 1 nitrogen and oxygen atoms in total. The van der Waals surface area contributed by atoms with Gasteiger partial charge in [0, 0.05) is 16.2 Å². The Morgan fingerprint density at radius 1 is 1.05 bits per heavy atom. The fourth-order valence-corrected chi connectivity index (χ4v) is 3.58. The summed E-state index contributed by atoms with van der Waals surface area (Å²) >= 11 is 1.61. The highest BCUT2D eigenvalue weighted by Gasteiger charge is 2.22. The van der Waals surface area contributed by atoms with Crippen molar-refractivity contribution in [2.75, 3.05) is 7.05 Å². The number of thioether (sulfide) groups is 1. The number of hydrogen-bond donors (Lipinski definition) is 1. The van der Waals surface area contributed by atoms with Gasteiger partial charge in [-0.25, -0.2) is 4.39 Å². The highest BCUT2D eigenvalue weighted by Crippen LogP contribution is 2.35. The van der Waals surface area contributed by atoms with Gasteiger partial charge in [-0.1, -0.05) is 49.4 Å². The van der Waals surface area contributed by atoms with Gasteiger partial charge in [-0.2, -0.15) is 0 Å². The fraction of sp³-hybridized carbons (Fsp3) is 0.294. The normalized spacial score (nSPS) is 13.9. The Balaban J connectivity index is 2.20. The van der Waals surface area contributed by atoms with Gasteiger partial charge in [-0.3, -0.25) is 0 Å². The van der Waals surface area contributed by atoms with Gasteiger partial charge in [0.25, 0.3) is 0 Å². The largest absolute Gasteiger partial charge is 0.312 e. The molecule has 20 heavy (non-hydrogen) atoms. The molecule has 2 aromatic rings. The summed E-state index contributed by atoms with van der Waals surface area (Å²) in [5, 5.41) is 3.66. The molecule has 0 radical (unpaired) electrons. The lowest BCUT2D eigenvalue weighted by Gasteiger charge is -2.26. The summed E-state index contributed by atoms with van der Waals surface area (Å²) in [5.74, 6) is -0.140. The van der Waals surface area contributed by atoms with Crippen LogP contribution in [0.15, 0.2) is 59.5 Å². The molecule has 0 saturated carbocycles. The first kappa shape index (κ1) is 15.1. The van der Waals surface area contributed by atoms with E-state index in [1.165, 1.54) is 11.6 Å². The standard InChI is InChI=1S/C17H20FNS/c1-3-15(20-16-12-8-7-11-14(16)18)17(19-2)13-9-5-4-6-10-13/h4-12,15,17,19H,3H2,1-2H3. The van der Waals surface area contributed by atoms with Gasteiger partial charge < -0.3 is 5.32 Å². The van der Waals surface area contributed by atoms with Gasteiger partial charge in [0.15, 0.2) is 0 Å². The molecule has 0 heterocycles. The summed E-state index contributed by atoms with van der Waals surface area (Å²) in [6, 6.07) is 17.5. The van der Waals surface area contributed by atoms with Crippen LogP contribution in [-0.2, 0) is 0 Å². The van der Waals surface area contributed by atoms with Gasteiger partial charge in [-0.15, -0.1) is 11.8 Å². The van der Waals surface area contributed by atoms with E-state index in [1.54, 1.807) is 17.8 Å².